The first-order valence-corrected chi connectivity index (χ1v) is 5.87. The van der Waals surface area contributed by atoms with E-state index in [1.807, 2.05) is 13.1 Å². The van der Waals surface area contributed by atoms with E-state index in [9.17, 15) is 5.26 Å². The van der Waals surface area contributed by atoms with Crippen molar-refractivity contribution in [3.63, 3.8) is 0 Å². The molecular formula is C14H18N2. The molecule has 1 aromatic rings. The minimum absolute atomic E-state index is 0.174. The molecule has 1 saturated carbocycles. The quantitative estimate of drug-likeness (QED) is 0.839. The number of benzene rings is 1. The van der Waals surface area contributed by atoms with Crippen molar-refractivity contribution < 1.29 is 0 Å². The van der Waals surface area contributed by atoms with Crippen molar-refractivity contribution in [3.8, 4) is 6.07 Å². The van der Waals surface area contributed by atoms with Gasteiger partial charge in [0.2, 0.25) is 0 Å². The van der Waals surface area contributed by atoms with Gasteiger partial charge in [-0.25, -0.2) is 0 Å². The zero-order valence-electron chi connectivity index (χ0n) is 9.96. The van der Waals surface area contributed by atoms with Crippen LogP contribution in [0, 0.1) is 23.7 Å². The Morgan fingerprint density at radius 3 is 2.50 bits per heavy atom. The number of hydrogen-bond acceptors (Lipinski definition) is 2. The topological polar surface area (TPSA) is 35.8 Å². The summed E-state index contributed by atoms with van der Waals surface area (Å²) >= 11 is 0. The molecular weight excluding hydrogens is 196 g/mol. The molecule has 1 unspecified atom stereocenters. The zero-order valence-corrected chi connectivity index (χ0v) is 9.96. The first-order valence-electron chi connectivity index (χ1n) is 5.87. The number of nitrogens with zero attached hydrogens (tertiary/aromatic N) is 1. The van der Waals surface area contributed by atoms with Crippen LogP contribution in [0.4, 0.5) is 0 Å². The molecule has 16 heavy (non-hydrogen) atoms. The molecule has 0 heterocycles. The highest BCUT2D eigenvalue weighted by atomic mass is 14.9. The zero-order chi connectivity index (χ0) is 11.6. The highest BCUT2D eigenvalue weighted by Gasteiger charge is 2.44. The van der Waals surface area contributed by atoms with Gasteiger partial charge in [0.1, 0.15) is 0 Å². The molecule has 0 aliphatic heterocycles. The Kier molecular flexibility index (Phi) is 2.98. The fourth-order valence-corrected chi connectivity index (χ4v) is 2.66. The Bertz CT molecular complexity index is 413. The van der Waals surface area contributed by atoms with Crippen LogP contribution in [0.1, 0.15) is 36.4 Å². The number of rotatable bonds is 3. The summed E-state index contributed by atoms with van der Waals surface area (Å²) in [6.07, 6.45) is 3.21. The van der Waals surface area contributed by atoms with Crippen LogP contribution in [-0.2, 0) is 0 Å². The van der Waals surface area contributed by atoms with Crippen molar-refractivity contribution in [2.24, 2.45) is 5.41 Å². The van der Waals surface area contributed by atoms with Gasteiger partial charge in [-0.1, -0.05) is 30.7 Å². The maximum Gasteiger partial charge on any atom is 0.0768 e. The molecule has 0 aromatic heterocycles. The fourth-order valence-electron chi connectivity index (χ4n) is 2.66. The minimum Gasteiger partial charge on any atom is -0.312 e. The van der Waals surface area contributed by atoms with Crippen LogP contribution in [0.25, 0.3) is 0 Å². The summed E-state index contributed by atoms with van der Waals surface area (Å²) in [6.45, 7) is 2.11. The molecule has 2 nitrogen and oxygen atoms in total. The number of aryl methyl sites for hydroxylation is 1. The van der Waals surface area contributed by atoms with Crippen molar-refractivity contribution in [1.29, 1.82) is 5.26 Å². The van der Waals surface area contributed by atoms with Gasteiger partial charge in [0.05, 0.1) is 17.5 Å². The summed E-state index contributed by atoms with van der Waals surface area (Å²) in [5, 5.41) is 12.7. The standard InChI is InChI=1S/C14H18N2/c1-11-6-3-4-7-12(11)13(16-2)14(10-15)8-5-9-14/h3-4,6-7,13,16H,5,8-9H2,1-2H3. The average molecular weight is 214 g/mol. The Morgan fingerprint density at radius 2 is 2.06 bits per heavy atom. The predicted octanol–water partition coefficient (Wildman–Crippen LogP) is 2.95. The van der Waals surface area contributed by atoms with Gasteiger partial charge in [0.25, 0.3) is 0 Å². The lowest BCUT2D eigenvalue weighted by Gasteiger charge is -2.42. The van der Waals surface area contributed by atoms with E-state index in [1.165, 1.54) is 17.5 Å². The van der Waals surface area contributed by atoms with Gasteiger partial charge in [-0.3, -0.25) is 0 Å². The molecule has 0 saturated heterocycles. The largest absolute Gasteiger partial charge is 0.312 e. The SMILES string of the molecule is CNC(c1ccccc1C)C1(C#N)CCC1. The second-order valence-corrected chi connectivity index (χ2v) is 4.70. The normalized spacial score (nSPS) is 19.6. The smallest absolute Gasteiger partial charge is 0.0768 e. The average Bonchev–Trinajstić information content (AvgIpc) is 2.25. The molecule has 1 aliphatic carbocycles. The third-order valence-electron chi connectivity index (χ3n) is 3.81. The van der Waals surface area contributed by atoms with E-state index in [1.54, 1.807) is 0 Å². The Balaban J connectivity index is 2.37. The first kappa shape index (κ1) is 11.2. The molecule has 84 valence electrons. The monoisotopic (exact) mass is 214 g/mol. The summed E-state index contributed by atoms with van der Waals surface area (Å²) < 4.78 is 0. The van der Waals surface area contributed by atoms with Crippen molar-refractivity contribution in [3.05, 3.63) is 35.4 Å². The van der Waals surface area contributed by atoms with Crippen LogP contribution in [0.15, 0.2) is 24.3 Å². The van der Waals surface area contributed by atoms with Gasteiger partial charge in [-0.2, -0.15) is 5.26 Å². The van der Waals surface area contributed by atoms with E-state index in [2.05, 4.69) is 36.5 Å². The number of hydrogen-bond donors (Lipinski definition) is 1. The lowest BCUT2D eigenvalue weighted by molar-refractivity contribution is 0.148. The van der Waals surface area contributed by atoms with Crippen molar-refractivity contribution in [2.45, 2.75) is 32.2 Å². The first-order chi connectivity index (χ1) is 7.73. The molecule has 1 fully saturated rings. The Labute approximate surface area is 97.3 Å². The maximum atomic E-state index is 9.40. The van der Waals surface area contributed by atoms with Crippen LogP contribution in [-0.4, -0.2) is 7.05 Å². The van der Waals surface area contributed by atoms with Gasteiger partial charge < -0.3 is 5.32 Å². The summed E-state index contributed by atoms with van der Waals surface area (Å²) in [5.74, 6) is 0. The minimum atomic E-state index is -0.180. The second kappa shape index (κ2) is 4.27. The second-order valence-electron chi connectivity index (χ2n) is 4.70. The Morgan fingerprint density at radius 1 is 1.38 bits per heavy atom. The van der Waals surface area contributed by atoms with Crippen molar-refractivity contribution >= 4 is 0 Å². The molecule has 2 rings (SSSR count). The molecule has 1 aromatic carbocycles. The summed E-state index contributed by atoms with van der Waals surface area (Å²) in [4.78, 5) is 0. The van der Waals surface area contributed by atoms with E-state index in [0.29, 0.717) is 0 Å². The maximum absolute atomic E-state index is 9.40. The van der Waals surface area contributed by atoms with Crippen molar-refractivity contribution in [1.82, 2.24) is 5.32 Å². The van der Waals surface area contributed by atoms with Crippen LogP contribution >= 0.6 is 0 Å². The molecule has 1 atom stereocenters. The summed E-state index contributed by atoms with van der Waals surface area (Å²) in [5.41, 5.74) is 2.36. The van der Waals surface area contributed by atoms with Gasteiger partial charge in [-0.15, -0.1) is 0 Å². The highest BCUT2D eigenvalue weighted by molar-refractivity contribution is 5.33. The van der Waals surface area contributed by atoms with Crippen LogP contribution < -0.4 is 5.32 Å². The van der Waals surface area contributed by atoms with Crippen LogP contribution in [0.3, 0.4) is 0 Å². The van der Waals surface area contributed by atoms with Crippen LogP contribution in [0.2, 0.25) is 0 Å². The molecule has 0 radical (unpaired) electrons. The van der Waals surface area contributed by atoms with E-state index in [-0.39, 0.29) is 11.5 Å². The van der Waals surface area contributed by atoms with E-state index < -0.39 is 0 Å². The number of nitriles is 1. The molecule has 0 amide bonds. The lowest BCUT2D eigenvalue weighted by atomic mass is 9.63. The van der Waals surface area contributed by atoms with Gasteiger partial charge >= 0.3 is 0 Å². The summed E-state index contributed by atoms with van der Waals surface area (Å²) in [6, 6.07) is 11.0. The number of nitrogens with one attached hydrogen (secondary N) is 1. The predicted molar refractivity (Wildman–Crippen MR) is 64.9 cm³/mol. The van der Waals surface area contributed by atoms with Gasteiger partial charge in [-0.05, 0) is 37.9 Å². The third-order valence-corrected chi connectivity index (χ3v) is 3.81. The van der Waals surface area contributed by atoms with E-state index in [4.69, 9.17) is 0 Å². The van der Waals surface area contributed by atoms with Gasteiger partial charge in [0.15, 0.2) is 0 Å². The molecule has 1 N–H and O–H groups in total. The highest BCUT2D eigenvalue weighted by Crippen LogP contribution is 2.50. The Hall–Kier alpha value is -1.33. The third kappa shape index (κ3) is 1.62. The molecule has 1 aliphatic rings. The lowest BCUT2D eigenvalue weighted by Crippen LogP contribution is -2.41. The molecule has 2 heteroatoms. The van der Waals surface area contributed by atoms with Crippen LogP contribution in [0.5, 0.6) is 0 Å². The van der Waals surface area contributed by atoms with Gasteiger partial charge in [0, 0.05) is 0 Å². The van der Waals surface area contributed by atoms with E-state index >= 15 is 0 Å². The van der Waals surface area contributed by atoms with Crippen molar-refractivity contribution in [2.75, 3.05) is 7.05 Å². The van der Waals surface area contributed by atoms with E-state index in [0.717, 1.165) is 12.8 Å². The fraction of sp³-hybridized carbons (Fsp3) is 0.500. The molecule has 0 bridgehead atoms. The summed E-state index contributed by atoms with van der Waals surface area (Å²) in [7, 11) is 1.95. The molecule has 0 spiro atoms.